The minimum atomic E-state index is -2.47. The predicted molar refractivity (Wildman–Crippen MR) is 100 cm³/mol. The van der Waals surface area contributed by atoms with Gasteiger partial charge in [-0.05, 0) is 24.8 Å². The van der Waals surface area contributed by atoms with Crippen LogP contribution in [0.15, 0.2) is 24.3 Å². The first-order valence-corrected chi connectivity index (χ1v) is 9.81. The van der Waals surface area contributed by atoms with Crippen molar-refractivity contribution in [1.82, 2.24) is 15.1 Å². The highest BCUT2D eigenvalue weighted by Crippen LogP contribution is 2.19. The summed E-state index contributed by atoms with van der Waals surface area (Å²) in [5, 5.41) is 3.05. The Morgan fingerprint density at radius 1 is 1.04 bits per heavy atom. The van der Waals surface area contributed by atoms with Crippen LogP contribution >= 0.6 is 0 Å². The van der Waals surface area contributed by atoms with Crippen LogP contribution in [0, 0.1) is 0 Å². The van der Waals surface area contributed by atoms with E-state index in [0.29, 0.717) is 52.2 Å². The van der Waals surface area contributed by atoms with Gasteiger partial charge in [-0.25, -0.2) is 13.6 Å². The molecule has 0 saturated carbocycles. The molecule has 0 radical (unpaired) electrons. The Hall–Kier alpha value is -2.22. The highest BCUT2D eigenvalue weighted by molar-refractivity contribution is 5.77. The lowest BCUT2D eigenvalue weighted by atomic mass is 10.0. The highest BCUT2D eigenvalue weighted by Gasteiger charge is 2.25. The molecule has 2 fully saturated rings. The number of amides is 3. The summed E-state index contributed by atoms with van der Waals surface area (Å²) in [6.07, 6.45) is -0.0919. The smallest absolute Gasteiger partial charge is 0.317 e. The number of carbonyl (C=O) groups is 2. The normalized spacial score (nSPS) is 18.4. The summed E-state index contributed by atoms with van der Waals surface area (Å²) < 4.78 is 30.4. The van der Waals surface area contributed by atoms with Gasteiger partial charge in [-0.3, -0.25) is 4.79 Å². The lowest BCUT2D eigenvalue weighted by Gasteiger charge is -2.34. The van der Waals surface area contributed by atoms with Crippen LogP contribution in [0.2, 0.25) is 0 Å². The number of ether oxygens (including phenoxy) is 1. The first-order chi connectivity index (χ1) is 13.5. The molecule has 0 bridgehead atoms. The molecule has 154 valence electrons. The Kier molecular flexibility index (Phi) is 7.19. The Morgan fingerprint density at radius 3 is 2.29 bits per heavy atom. The standard InChI is InChI=1S/C20H27F2N3O3/c21-19(22)16-4-1-15(2-5-16)3-6-18(26)24-9-7-17(8-10-24)23-20(27)25-11-13-28-14-12-25/h1-2,4-5,17,19H,3,6-14H2,(H,23,27). The molecule has 1 aromatic carbocycles. The number of piperidine rings is 1. The molecule has 0 aliphatic carbocycles. The van der Waals surface area contributed by atoms with Crippen LogP contribution in [-0.2, 0) is 16.0 Å². The zero-order chi connectivity index (χ0) is 19.9. The minimum absolute atomic E-state index is 0.00345. The number of halogens is 2. The van der Waals surface area contributed by atoms with E-state index in [4.69, 9.17) is 4.74 Å². The van der Waals surface area contributed by atoms with Gasteiger partial charge in [-0.2, -0.15) is 0 Å². The second kappa shape index (κ2) is 9.82. The number of aryl methyl sites for hydroxylation is 1. The van der Waals surface area contributed by atoms with E-state index < -0.39 is 6.43 Å². The number of morpholine rings is 1. The third-order valence-corrected chi connectivity index (χ3v) is 5.33. The third kappa shape index (κ3) is 5.64. The van der Waals surface area contributed by atoms with Gasteiger partial charge in [0.15, 0.2) is 0 Å². The number of hydrogen-bond donors (Lipinski definition) is 1. The topological polar surface area (TPSA) is 61.9 Å². The van der Waals surface area contributed by atoms with E-state index in [9.17, 15) is 18.4 Å². The van der Waals surface area contributed by atoms with Gasteiger partial charge in [0.05, 0.1) is 13.2 Å². The van der Waals surface area contributed by atoms with Crippen molar-refractivity contribution in [3.8, 4) is 0 Å². The van der Waals surface area contributed by atoms with Crippen molar-refractivity contribution < 1.29 is 23.1 Å². The molecule has 2 aliphatic rings. The Bertz CT molecular complexity index is 655. The largest absolute Gasteiger partial charge is 0.378 e. The van der Waals surface area contributed by atoms with Gasteiger partial charge >= 0.3 is 6.03 Å². The maximum atomic E-state index is 12.6. The molecule has 1 N–H and O–H groups in total. The summed E-state index contributed by atoms with van der Waals surface area (Å²) in [6, 6.07) is 6.16. The zero-order valence-corrected chi connectivity index (χ0v) is 15.9. The molecule has 6 nitrogen and oxygen atoms in total. The molecule has 3 amide bonds. The van der Waals surface area contributed by atoms with Crippen LogP contribution < -0.4 is 5.32 Å². The molecule has 0 aromatic heterocycles. The van der Waals surface area contributed by atoms with Crippen molar-refractivity contribution in [3.05, 3.63) is 35.4 Å². The summed E-state index contributed by atoms with van der Waals surface area (Å²) in [6.45, 7) is 3.62. The third-order valence-electron chi connectivity index (χ3n) is 5.33. The van der Waals surface area contributed by atoms with Gasteiger partial charge in [0.25, 0.3) is 6.43 Å². The van der Waals surface area contributed by atoms with Gasteiger partial charge in [0, 0.05) is 44.2 Å². The van der Waals surface area contributed by atoms with Crippen molar-refractivity contribution in [2.24, 2.45) is 0 Å². The lowest BCUT2D eigenvalue weighted by Crippen LogP contribution is -2.52. The van der Waals surface area contributed by atoms with E-state index in [-0.39, 0.29) is 23.5 Å². The van der Waals surface area contributed by atoms with E-state index >= 15 is 0 Å². The van der Waals surface area contributed by atoms with Crippen molar-refractivity contribution in [1.29, 1.82) is 0 Å². The average Bonchev–Trinajstić information content (AvgIpc) is 2.73. The molecule has 0 atom stereocenters. The van der Waals surface area contributed by atoms with E-state index in [1.54, 1.807) is 17.0 Å². The number of nitrogens with one attached hydrogen (secondary N) is 1. The quantitative estimate of drug-likeness (QED) is 0.834. The predicted octanol–water partition coefficient (Wildman–Crippen LogP) is 2.59. The molecule has 0 spiro atoms. The first-order valence-electron chi connectivity index (χ1n) is 9.81. The van der Waals surface area contributed by atoms with Crippen molar-refractivity contribution >= 4 is 11.9 Å². The second-order valence-corrected chi connectivity index (χ2v) is 7.25. The number of rotatable bonds is 5. The number of urea groups is 1. The number of benzene rings is 1. The second-order valence-electron chi connectivity index (χ2n) is 7.25. The summed E-state index contributed by atoms with van der Waals surface area (Å²) >= 11 is 0. The SMILES string of the molecule is O=C(CCc1ccc(C(F)F)cc1)N1CCC(NC(=O)N2CCOCC2)CC1. The first kappa shape index (κ1) is 20.5. The average molecular weight is 395 g/mol. The van der Waals surface area contributed by atoms with Crippen LogP contribution in [0.3, 0.4) is 0 Å². The monoisotopic (exact) mass is 395 g/mol. The molecule has 2 saturated heterocycles. The number of carbonyl (C=O) groups excluding carboxylic acids is 2. The van der Waals surface area contributed by atoms with Crippen LogP contribution in [0.1, 0.15) is 36.8 Å². The molecule has 1 aromatic rings. The van der Waals surface area contributed by atoms with E-state index in [0.717, 1.165) is 18.4 Å². The minimum Gasteiger partial charge on any atom is -0.378 e. The Balaban J connectivity index is 1.38. The van der Waals surface area contributed by atoms with Crippen molar-refractivity contribution in [2.45, 2.75) is 38.2 Å². The fourth-order valence-electron chi connectivity index (χ4n) is 3.54. The lowest BCUT2D eigenvalue weighted by molar-refractivity contribution is -0.132. The number of nitrogens with zero attached hydrogens (tertiary/aromatic N) is 2. The Labute approximate surface area is 163 Å². The molecule has 2 heterocycles. The van der Waals surface area contributed by atoms with Crippen LogP contribution in [0.5, 0.6) is 0 Å². The van der Waals surface area contributed by atoms with Crippen molar-refractivity contribution in [3.63, 3.8) is 0 Å². The van der Waals surface area contributed by atoms with Gasteiger partial charge in [-0.15, -0.1) is 0 Å². The molecule has 3 rings (SSSR count). The summed E-state index contributed by atoms with van der Waals surface area (Å²) in [5.41, 5.74) is 0.877. The van der Waals surface area contributed by atoms with Gasteiger partial charge in [-0.1, -0.05) is 24.3 Å². The fourth-order valence-corrected chi connectivity index (χ4v) is 3.54. The van der Waals surface area contributed by atoms with Crippen molar-refractivity contribution in [2.75, 3.05) is 39.4 Å². The molecule has 2 aliphatic heterocycles. The molecule has 8 heteroatoms. The van der Waals surface area contributed by atoms with Gasteiger partial charge < -0.3 is 19.9 Å². The maximum Gasteiger partial charge on any atom is 0.317 e. The number of likely N-dealkylation sites (tertiary alicyclic amines) is 1. The number of hydrogen-bond acceptors (Lipinski definition) is 3. The summed E-state index contributed by atoms with van der Waals surface area (Å²) in [4.78, 5) is 28.2. The Morgan fingerprint density at radius 2 is 1.68 bits per heavy atom. The molecular formula is C20H27F2N3O3. The van der Waals surface area contributed by atoms with E-state index in [1.165, 1.54) is 12.1 Å². The van der Waals surface area contributed by atoms with E-state index in [1.807, 2.05) is 4.90 Å². The summed E-state index contributed by atoms with van der Waals surface area (Å²) in [5.74, 6) is 0.0656. The number of alkyl halides is 2. The van der Waals surface area contributed by atoms with Crippen LogP contribution in [0.25, 0.3) is 0 Å². The van der Waals surface area contributed by atoms with E-state index in [2.05, 4.69) is 5.32 Å². The fraction of sp³-hybridized carbons (Fsp3) is 0.600. The van der Waals surface area contributed by atoms with Crippen LogP contribution in [-0.4, -0.2) is 67.2 Å². The van der Waals surface area contributed by atoms with Crippen LogP contribution in [0.4, 0.5) is 13.6 Å². The van der Waals surface area contributed by atoms with Gasteiger partial charge in [0.2, 0.25) is 5.91 Å². The molecular weight excluding hydrogens is 368 g/mol. The maximum absolute atomic E-state index is 12.6. The highest BCUT2D eigenvalue weighted by atomic mass is 19.3. The molecule has 28 heavy (non-hydrogen) atoms. The summed E-state index contributed by atoms with van der Waals surface area (Å²) in [7, 11) is 0. The van der Waals surface area contributed by atoms with Gasteiger partial charge in [0.1, 0.15) is 0 Å². The zero-order valence-electron chi connectivity index (χ0n) is 15.9. The molecule has 0 unspecified atom stereocenters.